The lowest BCUT2D eigenvalue weighted by molar-refractivity contribution is 0.0904. The second kappa shape index (κ2) is 11.4. The van der Waals surface area contributed by atoms with Gasteiger partial charge >= 0.3 is 0 Å². The van der Waals surface area contributed by atoms with Crippen molar-refractivity contribution in [1.29, 1.82) is 0 Å². The number of aliphatic hydroxyl groups is 1. The van der Waals surface area contributed by atoms with Crippen molar-refractivity contribution >= 4 is 11.6 Å². The SMILES string of the molecule is CNCC(O)COc1cccc(-c2nc(NC3CCOCC3)cc(N3CCCCC3)n2)c1. The van der Waals surface area contributed by atoms with Crippen LogP contribution in [0.25, 0.3) is 11.4 Å². The first-order valence-corrected chi connectivity index (χ1v) is 11.8. The van der Waals surface area contributed by atoms with Crippen LogP contribution in [0.1, 0.15) is 32.1 Å². The van der Waals surface area contributed by atoms with E-state index in [2.05, 4.69) is 21.6 Å². The van der Waals surface area contributed by atoms with Crippen LogP contribution in [-0.4, -0.2) is 73.7 Å². The largest absolute Gasteiger partial charge is 0.491 e. The van der Waals surface area contributed by atoms with Gasteiger partial charge in [0.2, 0.25) is 0 Å². The summed E-state index contributed by atoms with van der Waals surface area (Å²) >= 11 is 0. The third-order valence-electron chi connectivity index (χ3n) is 5.94. The van der Waals surface area contributed by atoms with Gasteiger partial charge in [0.15, 0.2) is 5.82 Å². The highest BCUT2D eigenvalue weighted by Gasteiger charge is 2.19. The molecule has 0 spiro atoms. The number of anilines is 2. The lowest BCUT2D eigenvalue weighted by Gasteiger charge is -2.29. The quantitative estimate of drug-likeness (QED) is 0.547. The Labute approximate surface area is 190 Å². The number of piperidine rings is 1. The highest BCUT2D eigenvalue weighted by atomic mass is 16.5. The Hall–Kier alpha value is -2.42. The van der Waals surface area contributed by atoms with Crippen molar-refractivity contribution in [3.8, 4) is 17.1 Å². The van der Waals surface area contributed by atoms with Gasteiger partial charge in [-0.25, -0.2) is 9.97 Å². The third-order valence-corrected chi connectivity index (χ3v) is 5.94. The zero-order valence-corrected chi connectivity index (χ0v) is 18.9. The maximum absolute atomic E-state index is 9.93. The van der Waals surface area contributed by atoms with Gasteiger partial charge < -0.3 is 30.1 Å². The van der Waals surface area contributed by atoms with Crippen LogP contribution < -0.4 is 20.3 Å². The number of rotatable bonds is 9. The fourth-order valence-electron chi connectivity index (χ4n) is 4.19. The number of aromatic nitrogens is 2. The maximum Gasteiger partial charge on any atom is 0.163 e. The summed E-state index contributed by atoms with van der Waals surface area (Å²) in [5, 5.41) is 16.5. The predicted octanol–water partition coefficient (Wildman–Crippen LogP) is 2.68. The summed E-state index contributed by atoms with van der Waals surface area (Å²) < 4.78 is 11.3. The van der Waals surface area contributed by atoms with Gasteiger partial charge in [-0.05, 0) is 51.3 Å². The second-order valence-electron chi connectivity index (χ2n) is 8.56. The van der Waals surface area contributed by atoms with E-state index in [1.54, 1.807) is 0 Å². The van der Waals surface area contributed by atoms with E-state index in [0.717, 1.165) is 56.3 Å². The van der Waals surface area contributed by atoms with E-state index in [4.69, 9.17) is 19.4 Å². The summed E-state index contributed by atoms with van der Waals surface area (Å²) in [4.78, 5) is 12.1. The molecular weight excluding hydrogens is 406 g/mol. The number of likely N-dealkylation sites (N-methyl/N-ethyl adjacent to an activating group) is 1. The topological polar surface area (TPSA) is 91.8 Å². The highest BCUT2D eigenvalue weighted by molar-refractivity contribution is 5.63. The number of benzene rings is 1. The summed E-state index contributed by atoms with van der Waals surface area (Å²) in [7, 11) is 1.81. The Balaban J connectivity index is 1.57. The highest BCUT2D eigenvalue weighted by Crippen LogP contribution is 2.28. The molecule has 2 saturated heterocycles. The van der Waals surface area contributed by atoms with Crippen molar-refractivity contribution < 1.29 is 14.6 Å². The molecule has 2 aliphatic rings. The lowest BCUT2D eigenvalue weighted by Crippen LogP contribution is -2.31. The summed E-state index contributed by atoms with van der Waals surface area (Å²) in [5.74, 6) is 3.21. The monoisotopic (exact) mass is 441 g/mol. The molecule has 0 bridgehead atoms. The van der Waals surface area contributed by atoms with Gasteiger partial charge in [-0.15, -0.1) is 0 Å². The van der Waals surface area contributed by atoms with Crippen LogP contribution in [0.4, 0.5) is 11.6 Å². The van der Waals surface area contributed by atoms with E-state index in [-0.39, 0.29) is 6.61 Å². The van der Waals surface area contributed by atoms with E-state index < -0.39 is 6.10 Å². The molecule has 2 fully saturated rings. The van der Waals surface area contributed by atoms with Crippen LogP contribution in [0.5, 0.6) is 5.75 Å². The number of nitrogens with one attached hydrogen (secondary N) is 2. The Morgan fingerprint density at radius 1 is 1.16 bits per heavy atom. The minimum atomic E-state index is -0.558. The molecule has 1 aromatic carbocycles. The molecule has 8 nitrogen and oxygen atoms in total. The van der Waals surface area contributed by atoms with Crippen molar-refractivity contribution in [2.24, 2.45) is 0 Å². The molecule has 0 amide bonds. The van der Waals surface area contributed by atoms with Crippen LogP contribution in [-0.2, 0) is 4.74 Å². The van der Waals surface area contributed by atoms with Crippen molar-refractivity contribution in [2.75, 3.05) is 56.7 Å². The minimum Gasteiger partial charge on any atom is -0.491 e. The number of nitrogens with zero attached hydrogens (tertiary/aromatic N) is 3. The van der Waals surface area contributed by atoms with Crippen molar-refractivity contribution in [3.63, 3.8) is 0 Å². The molecular formula is C24H35N5O3. The van der Waals surface area contributed by atoms with Gasteiger partial charge in [0.25, 0.3) is 0 Å². The van der Waals surface area contributed by atoms with E-state index >= 15 is 0 Å². The number of hydrogen-bond acceptors (Lipinski definition) is 8. The lowest BCUT2D eigenvalue weighted by atomic mass is 10.1. The first-order chi connectivity index (χ1) is 15.7. The molecule has 0 radical (unpaired) electrons. The molecule has 1 unspecified atom stereocenters. The number of aliphatic hydroxyl groups excluding tert-OH is 1. The van der Waals surface area contributed by atoms with E-state index in [9.17, 15) is 5.11 Å². The van der Waals surface area contributed by atoms with Crippen LogP contribution in [0, 0.1) is 0 Å². The first-order valence-electron chi connectivity index (χ1n) is 11.8. The van der Waals surface area contributed by atoms with Crippen molar-refractivity contribution in [1.82, 2.24) is 15.3 Å². The summed E-state index contributed by atoms with van der Waals surface area (Å²) in [6.45, 7) is 4.34. The predicted molar refractivity (Wildman–Crippen MR) is 126 cm³/mol. The number of ether oxygens (including phenoxy) is 2. The Morgan fingerprint density at radius 2 is 1.97 bits per heavy atom. The van der Waals surface area contributed by atoms with Gasteiger partial charge in [-0.2, -0.15) is 0 Å². The smallest absolute Gasteiger partial charge is 0.163 e. The molecule has 1 atom stereocenters. The summed E-state index contributed by atoms with van der Waals surface area (Å²) in [6.07, 6.45) is 5.08. The van der Waals surface area contributed by atoms with Gasteiger partial charge in [-0.3, -0.25) is 0 Å². The van der Waals surface area contributed by atoms with E-state index in [1.807, 2.05) is 31.3 Å². The average molecular weight is 442 g/mol. The molecule has 174 valence electrons. The van der Waals surface area contributed by atoms with E-state index in [1.165, 1.54) is 19.3 Å². The minimum absolute atomic E-state index is 0.232. The summed E-state index contributed by atoms with van der Waals surface area (Å²) in [6, 6.07) is 10.2. The van der Waals surface area contributed by atoms with Crippen LogP contribution >= 0.6 is 0 Å². The Morgan fingerprint density at radius 3 is 2.75 bits per heavy atom. The normalized spacial score (nSPS) is 18.4. The van der Waals surface area contributed by atoms with Gasteiger partial charge in [-0.1, -0.05) is 12.1 Å². The summed E-state index contributed by atoms with van der Waals surface area (Å²) in [5.41, 5.74) is 0.902. The molecule has 0 saturated carbocycles. The molecule has 32 heavy (non-hydrogen) atoms. The molecule has 1 aromatic heterocycles. The van der Waals surface area contributed by atoms with Crippen LogP contribution in [0.3, 0.4) is 0 Å². The molecule has 8 heteroatoms. The molecule has 0 aliphatic carbocycles. The Kier molecular flexibility index (Phi) is 8.14. The van der Waals surface area contributed by atoms with Gasteiger partial charge in [0.1, 0.15) is 30.1 Å². The fraction of sp³-hybridized carbons (Fsp3) is 0.583. The molecule has 2 aromatic rings. The van der Waals surface area contributed by atoms with Crippen LogP contribution in [0.2, 0.25) is 0 Å². The van der Waals surface area contributed by atoms with Crippen molar-refractivity contribution in [2.45, 2.75) is 44.2 Å². The zero-order valence-electron chi connectivity index (χ0n) is 18.9. The average Bonchev–Trinajstić information content (AvgIpc) is 2.84. The standard InChI is InChI=1S/C24H35N5O3/c1-25-16-20(30)17-32-21-7-5-6-18(14-21)24-27-22(26-19-8-12-31-13-9-19)15-23(28-24)29-10-3-2-4-11-29/h5-7,14-15,19-20,25,30H,2-4,8-13,16-17H2,1H3,(H,26,27,28). The zero-order chi connectivity index (χ0) is 22.2. The molecule has 3 heterocycles. The maximum atomic E-state index is 9.93. The van der Waals surface area contributed by atoms with Gasteiger partial charge in [0, 0.05) is 50.5 Å². The number of hydrogen-bond donors (Lipinski definition) is 3. The third kappa shape index (κ3) is 6.31. The van der Waals surface area contributed by atoms with Crippen LogP contribution in [0.15, 0.2) is 30.3 Å². The first kappa shape index (κ1) is 22.8. The van der Waals surface area contributed by atoms with Crippen molar-refractivity contribution in [3.05, 3.63) is 30.3 Å². The Bertz CT molecular complexity index is 853. The second-order valence-corrected chi connectivity index (χ2v) is 8.56. The van der Waals surface area contributed by atoms with Gasteiger partial charge in [0.05, 0.1) is 0 Å². The fourth-order valence-corrected chi connectivity index (χ4v) is 4.19. The van der Waals surface area contributed by atoms with E-state index in [0.29, 0.717) is 24.2 Å². The molecule has 4 rings (SSSR count). The molecule has 3 N–H and O–H groups in total. The molecule has 2 aliphatic heterocycles.